The Kier molecular flexibility index (Phi) is 6.22. The smallest absolute Gasteiger partial charge is 0.311 e. The summed E-state index contributed by atoms with van der Waals surface area (Å²) in [6.45, 7) is 0.932. The zero-order chi connectivity index (χ0) is 19.3. The van der Waals surface area contributed by atoms with Crippen molar-refractivity contribution in [2.45, 2.75) is 28.7 Å². The molecule has 27 heavy (non-hydrogen) atoms. The number of carbonyl (C=O) groups is 2. The predicted octanol–water partition coefficient (Wildman–Crippen LogP) is 1.79. The number of thiophene rings is 1. The molecule has 7 nitrogen and oxygen atoms in total. The van der Waals surface area contributed by atoms with Gasteiger partial charge in [-0.25, -0.2) is 8.42 Å². The summed E-state index contributed by atoms with van der Waals surface area (Å²) >= 11 is 1.12. The van der Waals surface area contributed by atoms with Crippen LogP contribution in [0.25, 0.3) is 0 Å². The summed E-state index contributed by atoms with van der Waals surface area (Å²) in [5, 5.41) is 3.19. The molecule has 3 heterocycles. The van der Waals surface area contributed by atoms with E-state index in [1.807, 2.05) is 0 Å². The number of carbonyl (C=O) groups excluding carboxylic acids is 2. The first kappa shape index (κ1) is 19.5. The van der Waals surface area contributed by atoms with Gasteiger partial charge in [0.1, 0.15) is 9.46 Å². The molecule has 0 unspecified atom stereocenters. The van der Waals surface area contributed by atoms with Crippen LogP contribution in [0.15, 0.2) is 46.2 Å². The zero-order valence-electron chi connectivity index (χ0n) is 14.7. The highest BCUT2D eigenvalue weighted by Gasteiger charge is 2.32. The maximum Gasteiger partial charge on any atom is 0.311 e. The molecular weight excluding hydrogens is 386 g/mol. The molecule has 9 heteroatoms. The Bertz CT molecular complexity index is 877. The SMILES string of the molecule is O=C(NC[C@H](c1cccnc1)S(=O)(=O)c1cccs1)C(=O)N1CCCCC1. The fourth-order valence-electron chi connectivity index (χ4n) is 3.04. The number of amides is 2. The lowest BCUT2D eigenvalue weighted by Gasteiger charge is -2.26. The number of piperidine rings is 1. The maximum absolute atomic E-state index is 13.0. The number of nitrogens with zero attached hydrogens (tertiary/aromatic N) is 2. The molecule has 1 atom stereocenters. The molecule has 0 aliphatic carbocycles. The van der Waals surface area contributed by atoms with Crippen LogP contribution in [0.5, 0.6) is 0 Å². The standard InChI is InChI=1S/C18H21N3O4S2/c22-17(18(23)21-9-2-1-3-10-21)20-13-15(14-6-4-8-19-12-14)27(24,25)16-7-5-11-26-16/h4-8,11-12,15H,1-3,9-10,13H2,(H,20,22)/t15-/m1/s1. The topological polar surface area (TPSA) is 96.4 Å². The second-order valence-corrected chi connectivity index (χ2v) is 9.62. The molecule has 0 saturated carbocycles. The first-order valence-corrected chi connectivity index (χ1v) is 11.2. The van der Waals surface area contributed by atoms with E-state index < -0.39 is 26.9 Å². The van der Waals surface area contributed by atoms with Gasteiger partial charge in [0.25, 0.3) is 0 Å². The van der Waals surface area contributed by atoms with Crippen molar-refractivity contribution >= 4 is 33.0 Å². The van der Waals surface area contributed by atoms with Gasteiger partial charge in [0.05, 0.1) is 0 Å². The summed E-state index contributed by atoms with van der Waals surface area (Å²) in [5.74, 6) is -1.37. The number of likely N-dealkylation sites (tertiary alicyclic amines) is 1. The van der Waals surface area contributed by atoms with Crippen molar-refractivity contribution in [2.24, 2.45) is 0 Å². The van der Waals surface area contributed by atoms with Crippen molar-refractivity contribution in [3.8, 4) is 0 Å². The second kappa shape index (κ2) is 8.62. The first-order valence-electron chi connectivity index (χ1n) is 8.74. The average Bonchev–Trinajstić information content (AvgIpc) is 3.24. The van der Waals surface area contributed by atoms with Crippen molar-refractivity contribution in [2.75, 3.05) is 19.6 Å². The minimum absolute atomic E-state index is 0.190. The monoisotopic (exact) mass is 407 g/mol. The molecule has 0 bridgehead atoms. The first-order chi connectivity index (χ1) is 13.0. The summed E-state index contributed by atoms with van der Waals surface area (Å²) in [4.78, 5) is 30.1. The summed E-state index contributed by atoms with van der Waals surface area (Å²) < 4.78 is 26.2. The molecule has 1 aliphatic rings. The predicted molar refractivity (Wildman–Crippen MR) is 102 cm³/mol. The number of nitrogens with one attached hydrogen (secondary N) is 1. The van der Waals surface area contributed by atoms with Gasteiger partial charge < -0.3 is 10.2 Å². The minimum atomic E-state index is -3.72. The molecule has 1 fully saturated rings. The van der Waals surface area contributed by atoms with E-state index in [4.69, 9.17) is 0 Å². The summed E-state index contributed by atoms with van der Waals surface area (Å²) in [5.41, 5.74) is 0.469. The van der Waals surface area contributed by atoms with E-state index in [9.17, 15) is 18.0 Å². The van der Waals surface area contributed by atoms with Crippen LogP contribution in [-0.4, -0.2) is 49.8 Å². The molecule has 0 spiro atoms. The lowest BCUT2D eigenvalue weighted by Crippen LogP contribution is -2.46. The largest absolute Gasteiger partial charge is 0.346 e. The van der Waals surface area contributed by atoms with E-state index in [1.165, 1.54) is 17.2 Å². The molecule has 1 aliphatic heterocycles. The van der Waals surface area contributed by atoms with Crippen molar-refractivity contribution < 1.29 is 18.0 Å². The molecule has 0 aromatic carbocycles. The minimum Gasteiger partial charge on any atom is -0.346 e. The Labute approximate surface area is 162 Å². The van der Waals surface area contributed by atoms with Crippen LogP contribution in [-0.2, 0) is 19.4 Å². The van der Waals surface area contributed by atoms with Gasteiger partial charge in [-0.3, -0.25) is 14.6 Å². The van der Waals surface area contributed by atoms with Gasteiger partial charge in [-0.15, -0.1) is 11.3 Å². The van der Waals surface area contributed by atoms with Gasteiger partial charge in [-0.05, 0) is 42.3 Å². The Morgan fingerprint density at radius 1 is 1.19 bits per heavy atom. The third kappa shape index (κ3) is 4.54. The number of hydrogen-bond acceptors (Lipinski definition) is 6. The van der Waals surface area contributed by atoms with Crippen LogP contribution in [0.1, 0.15) is 30.1 Å². The Morgan fingerprint density at radius 3 is 2.59 bits per heavy atom. The number of pyridine rings is 1. The molecule has 3 rings (SSSR count). The van der Waals surface area contributed by atoms with Crippen LogP contribution in [0.3, 0.4) is 0 Å². The molecule has 1 saturated heterocycles. The van der Waals surface area contributed by atoms with E-state index in [1.54, 1.807) is 29.8 Å². The van der Waals surface area contributed by atoms with Crippen LogP contribution in [0.2, 0.25) is 0 Å². The van der Waals surface area contributed by atoms with E-state index in [0.717, 1.165) is 30.6 Å². The molecular formula is C18H21N3O4S2. The number of hydrogen-bond donors (Lipinski definition) is 1. The summed E-state index contributed by atoms with van der Waals surface area (Å²) in [7, 11) is -3.72. The van der Waals surface area contributed by atoms with Crippen molar-refractivity contribution in [3.63, 3.8) is 0 Å². The van der Waals surface area contributed by atoms with Crippen molar-refractivity contribution in [1.29, 1.82) is 0 Å². The van der Waals surface area contributed by atoms with E-state index in [0.29, 0.717) is 18.7 Å². The second-order valence-electron chi connectivity index (χ2n) is 6.31. The van der Waals surface area contributed by atoms with Gasteiger partial charge >= 0.3 is 11.8 Å². The lowest BCUT2D eigenvalue weighted by atomic mass is 10.1. The third-order valence-corrected chi connectivity index (χ3v) is 8.02. The van der Waals surface area contributed by atoms with Crippen molar-refractivity contribution in [1.82, 2.24) is 15.2 Å². The average molecular weight is 408 g/mol. The normalized spacial score (nSPS) is 15.9. The molecule has 2 amide bonds. The van der Waals surface area contributed by atoms with Gasteiger partial charge in [0.15, 0.2) is 9.84 Å². The van der Waals surface area contributed by atoms with E-state index in [-0.39, 0.29) is 10.8 Å². The summed E-state index contributed by atoms with van der Waals surface area (Å²) in [6, 6.07) is 6.49. The zero-order valence-corrected chi connectivity index (χ0v) is 16.3. The lowest BCUT2D eigenvalue weighted by molar-refractivity contribution is -0.146. The van der Waals surface area contributed by atoms with Crippen LogP contribution in [0.4, 0.5) is 0 Å². The fourth-order valence-corrected chi connectivity index (χ4v) is 5.89. The van der Waals surface area contributed by atoms with Gasteiger partial charge in [-0.1, -0.05) is 12.1 Å². The maximum atomic E-state index is 13.0. The highest BCUT2D eigenvalue weighted by Crippen LogP contribution is 2.30. The van der Waals surface area contributed by atoms with Gasteiger partial charge in [-0.2, -0.15) is 0 Å². The molecule has 1 N–H and O–H groups in total. The Morgan fingerprint density at radius 2 is 1.96 bits per heavy atom. The van der Waals surface area contributed by atoms with Crippen molar-refractivity contribution in [3.05, 3.63) is 47.6 Å². The Balaban J connectivity index is 1.76. The van der Waals surface area contributed by atoms with E-state index >= 15 is 0 Å². The number of rotatable bonds is 5. The highest BCUT2D eigenvalue weighted by molar-refractivity contribution is 7.93. The van der Waals surface area contributed by atoms with Crippen LogP contribution < -0.4 is 5.32 Å². The van der Waals surface area contributed by atoms with Crippen LogP contribution >= 0.6 is 11.3 Å². The Hall–Kier alpha value is -2.26. The summed E-state index contributed by atoms with van der Waals surface area (Å²) in [6.07, 6.45) is 5.83. The molecule has 144 valence electrons. The molecule has 2 aromatic heterocycles. The number of aromatic nitrogens is 1. The van der Waals surface area contributed by atoms with Gasteiger partial charge in [0, 0.05) is 32.0 Å². The van der Waals surface area contributed by atoms with Crippen LogP contribution in [0, 0.1) is 0 Å². The van der Waals surface area contributed by atoms with E-state index in [2.05, 4.69) is 10.3 Å². The third-order valence-electron chi connectivity index (χ3n) is 4.49. The fraction of sp³-hybridized carbons (Fsp3) is 0.389. The number of sulfone groups is 1. The highest BCUT2D eigenvalue weighted by atomic mass is 32.2. The molecule has 0 radical (unpaired) electrons. The molecule has 2 aromatic rings. The quantitative estimate of drug-likeness (QED) is 0.762. The van der Waals surface area contributed by atoms with Gasteiger partial charge in [0.2, 0.25) is 0 Å².